The summed E-state index contributed by atoms with van der Waals surface area (Å²) in [6, 6.07) is 26.9. The van der Waals surface area contributed by atoms with Crippen molar-refractivity contribution in [3.8, 4) is 0 Å². The summed E-state index contributed by atoms with van der Waals surface area (Å²) in [7, 11) is 0. The van der Waals surface area contributed by atoms with E-state index in [1.165, 1.54) is 0 Å². The van der Waals surface area contributed by atoms with Gasteiger partial charge in [0.1, 0.15) is 6.10 Å². The molecule has 1 heterocycles. The molecule has 3 aromatic rings. The molecule has 3 aromatic carbocycles. The van der Waals surface area contributed by atoms with Crippen molar-refractivity contribution in [1.29, 1.82) is 0 Å². The Bertz CT molecular complexity index is 943. The fourth-order valence-corrected chi connectivity index (χ4v) is 3.95. The summed E-state index contributed by atoms with van der Waals surface area (Å²) in [6.45, 7) is 0.398. The van der Waals surface area contributed by atoms with E-state index in [0.29, 0.717) is 18.6 Å². The number of benzene rings is 3. The molecule has 0 unspecified atom stereocenters. The lowest BCUT2D eigenvalue weighted by Gasteiger charge is -2.38. The minimum absolute atomic E-state index is 0.0657. The number of fused-ring (bicyclic) bond motifs is 1. The summed E-state index contributed by atoms with van der Waals surface area (Å²) in [5, 5.41) is 13.5. The molecule has 4 heteroatoms. The zero-order chi connectivity index (χ0) is 20.1. The molecule has 4 nitrogen and oxygen atoms in total. The van der Waals surface area contributed by atoms with Gasteiger partial charge < -0.3 is 15.2 Å². The summed E-state index contributed by atoms with van der Waals surface area (Å²) in [4.78, 5) is 12.8. The SMILES string of the molecule is O=C(C[C@@H]1N[C@@H](CO)[C@H](OCc2ccccc2)c2ccccc21)c1ccccc1. The first-order chi connectivity index (χ1) is 14.3. The van der Waals surface area contributed by atoms with Crippen LogP contribution in [0.4, 0.5) is 0 Å². The Morgan fingerprint density at radius 2 is 1.48 bits per heavy atom. The van der Waals surface area contributed by atoms with Gasteiger partial charge in [0.15, 0.2) is 5.78 Å². The molecule has 1 aliphatic heterocycles. The molecule has 0 saturated heterocycles. The third-order valence-corrected chi connectivity index (χ3v) is 5.41. The first kappa shape index (κ1) is 19.5. The first-order valence-electron chi connectivity index (χ1n) is 9.96. The second-order valence-electron chi connectivity index (χ2n) is 7.35. The number of ether oxygens (including phenoxy) is 1. The average molecular weight is 387 g/mol. The van der Waals surface area contributed by atoms with Gasteiger partial charge >= 0.3 is 0 Å². The molecule has 0 bridgehead atoms. The smallest absolute Gasteiger partial charge is 0.164 e. The van der Waals surface area contributed by atoms with Crippen molar-refractivity contribution in [2.24, 2.45) is 0 Å². The zero-order valence-corrected chi connectivity index (χ0v) is 16.2. The molecule has 0 amide bonds. The minimum Gasteiger partial charge on any atom is -0.395 e. The fraction of sp³-hybridized carbons (Fsp3) is 0.240. The van der Waals surface area contributed by atoms with Crippen LogP contribution in [-0.4, -0.2) is 23.5 Å². The fourth-order valence-electron chi connectivity index (χ4n) is 3.95. The molecule has 0 radical (unpaired) electrons. The first-order valence-corrected chi connectivity index (χ1v) is 9.96. The van der Waals surface area contributed by atoms with Crippen LogP contribution in [0.1, 0.15) is 45.6 Å². The number of rotatable bonds is 7. The van der Waals surface area contributed by atoms with Crippen LogP contribution in [0, 0.1) is 0 Å². The van der Waals surface area contributed by atoms with Crippen molar-refractivity contribution in [3.63, 3.8) is 0 Å². The maximum absolute atomic E-state index is 12.8. The Morgan fingerprint density at radius 1 is 0.862 bits per heavy atom. The number of hydrogen-bond acceptors (Lipinski definition) is 4. The number of carbonyl (C=O) groups is 1. The van der Waals surface area contributed by atoms with Crippen LogP contribution in [0.3, 0.4) is 0 Å². The maximum atomic E-state index is 12.8. The predicted octanol–water partition coefficient (Wildman–Crippen LogP) is 4.22. The molecule has 0 aromatic heterocycles. The maximum Gasteiger partial charge on any atom is 0.164 e. The van der Waals surface area contributed by atoms with E-state index in [1.54, 1.807) is 0 Å². The number of hydrogen-bond donors (Lipinski definition) is 2. The van der Waals surface area contributed by atoms with E-state index in [2.05, 4.69) is 5.32 Å². The summed E-state index contributed by atoms with van der Waals surface area (Å²) in [6.07, 6.45) is 0.0580. The molecule has 148 valence electrons. The van der Waals surface area contributed by atoms with E-state index >= 15 is 0 Å². The number of aliphatic hydroxyl groups is 1. The van der Waals surface area contributed by atoms with Gasteiger partial charge in [-0.25, -0.2) is 0 Å². The van der Waals surface area contributed by atoms with E-state index in [9.17, 15) is 9.90 Å². The van der Waals surface area contributed by atoms with Crippen molar-refractivity contribution >= 4 is 5.78 Å². The lowest BCUT2D eigenvalue weighted by atomic mass is 9.85. The highest BCUT2D eigenvalue weighted by atomic mass is 16.5. The van der Waals surface area contributed by atoms with E-state index in [-0.39, 0.29) is 30.6 Å². The van der Waals surface area contributed by atoms with Crippen LogP contribution in [0.2, 0.25) is 0 Å². The van der Waals surface area contributed by atoms with Crippen LogP contribution in [-0.2, 0) is 11.3 Å². The quantitative estimate of drug-likeness (QED) is 0.596. The second kappa shape index (κ2) is 9.14. The van der Waals surface area contributed by atoms with Gasteiger partial charge in [-0.3, -0.25) is 4.79 Å². The molecular formula is C25H25NO3. The van der Waals surface area contributed by atoms with E-state index in [0.717, 1.165) is 16.7 Å². The summed E-state index contributed by atoms with van der Waals surface area (Å²) in [5.41, 5.74) is 3.88. The number of Topliss-reactive ketones (excluding diaryl/α,β-unsaturated/α-hetero) is 1. The third-order valence-electron chi connectivity index (χ3n) is 5.41. The Labute approximate surface area is 171 Å². The van der Waals surface area contributed by atoms with Crippen molar-refractivity contribution < 1.29 is 14.6 Å². The number of aliphatic hydroxyl groups excluding tert-OH is 1. The average Bonchev–Trinajstić information content (AvgIpc) is 2.79. The molecule has 29 heavy (non-hydrogen) atoms. The van der Waals surface area contributed by atoms with Gasteiger partial charge in [0, 0.05) is 18.0 Å². The van der Waals surface area contributed by atoms with Gasteiger partial charge in [0.2, 0.25) is 0 Å². The van der Waals surface area contributed by atoms with E-state index in [1.807, 2.05) is 84.9 Å². The molecule has 3 atom stereocenters. The molecule has 0 aliphatic carbocycles. The zero-order valence-electron chi connectivity index (χ0n) is 16.2. The summed E-state index contributed by atoms with van der Waals surface area (Å²) >= 11 is 0. The molecule has 1 aliphatic rings. The van der Waals surface area contributed by atoms with Crippen LogP contribution < -0.4 is 5.32 Å². The van der Waals surface area contributed by atoms with Gasteiger partial charge in [0.05, 0.1) is 19.3 Å². The van der Waals surface area contributed by atoms with Crippen molar-refractivity contribution in [2.75, 3.05) is 6.61 Å². The number of ketones is 1. The van der Waals surface area contributed by atoms with Gasteiger partial charge in [0.25, 0.3) is 0 Å². The van der Waals surface area contributed by atoms with Gasteiger partial charge in [-0.05, 0) is 16.7 Å². The highest BCUT2D eigenvalue weighted by molar-refractivity contribution is 5.96. The third kappa shape index (κ3) is 4.46. The highest BCUT2D eigenvalue weighted by Gasteiger charge is 2.35. The van der Waals surface area contributed by atoms with Crippen molar-refractivity contribution in [3.05, 3.63) is 107 Å². The summed E-state index contributed by atoms with van der Waals surface area (Å²) in [5.74, 6) is 0.0817. The molecule has 2 N–H and O–H groups in total. The standard InChI is InChI=1S/C25H25NO3/c27-16-23-25(29-17-18-9-3-1-4-10-18)21-14-8-7-13-20(21)22(26-23)15-24(28)19-11-5-2-6-12-19/h1-14,22-23,25-27H,15-17H2/t22-,23-,25+/m0/s1. The molecule has 0 spiro atoms. The molecule has 4 rings (SSSR count). The van der Waals surface area contributed by atoms with E-state index < -0.39 is 0 Å². The molecular weight excluding hydrogens is 362 g/mol. The topological polar surface area (TPSA) is 58.6 Å². The normalized spacial score (nSPS) is 20.8. The Balaban J connectivity index is 1.56. The lowest BCUT2D eigenvalue weighted by Crippen LogP contribution is -2.46. The van der Waals surface area contributed by atoms with Crippen molar-refractivity contribution in [1.82, 2.24) is 5.32 Å². The predicted molar refractivity (Wildman–Crippen MR) is 113 cm³/mol. The van der Waals surface area contributed by atoms with E-state index in [4.69, 9.17) is 4.74 Å². The lowest BCUT2D eigenvalue weighted by molar-refractivity contribution is -0.0126. The van der Waals surface area contributed by atoms with Crippen LogP contribution >= 0.6 is 0 Å². The van der Waals surface area contributed by atoms with Crippen molar-refractivity contribution in [2.45, 2.75) is 31.2 Å². The Hall–Kier alpha value is -2.79. The van der Waals surface area contributed by atoms with Crippen LogP contribution in [0.5, 0.6) is 0 Å². The monoisotopic (exact) mass is 387 g/mol. The van der Waals surface area contributed by atoms with Gasteiger partial charge in [-0.2, -0.15) is 0 Å². The molecule has 0 saturated carbocycles. The summed E-state index contributed by atoms with van der Waals surface area (Å²) < 4.78 is 6.23. The van der Waals surface area contributed by atoms with Crippen LogP contribution in [0.15, 0.2) is 84.9 Å². The minimum atomic E-state index is -0.278. The Kier molecular flexibility index (Phi) is 6.15. The van der Waals surface area contributed by atoms with Gasteiger partial charge in [-0.1, -0.05) is 84.9 Å². The van der Waals surface area contributed by atoms with Crippen LogP contribution in [0.25, 0.3) is 0 Å². The highest BCUT2D eigenvalue weighted by Crippen LogP contribution is 2.37. The number of carbonyl (C=O) groups excluding carboxylic acids is 1. The Morgan fingerprint density at radius 3 is 2.17 bits per heavy atom. The number of nitrogens with one attached hydrogen (secondary N) is 1. The molecule has 0 fully saturated rings. The second-order valence-corrected chi connectivity index (χ2v) is 7.35. The largest absolute Gasteiger partial charge is 0.395 e. The van der Waals surface area contributed by atoms with Gasteiger partial charge in [-0.15, -0.1) is 0 Å².